The van der Waals surface area contributed by atoms with Gasteiger partial charge in [-0.25, -0.2) is 4.68 Å². The highest BCUT2D eigenvalue weighted by Crippen LogP contribution is 2.19. The molecule has 0 aliphatic rings. The van der Waals surface area contributed by atoms with Gasteiger partial charge in [0.05, 0.1) is 12.1 Å². The second-order valence-corrected chi connectivity index (χ2v) is 5.84. The average molecular weight is 259 g/mol. The van der Waals surface area contributed by atoms with Crippen LogP contribution in [-0.4, -0.2) is 49.3 Å². The van der Waals surface area contributed by atoms with Gasteiger partial charge in [-0.1, -0.05) is 25.6 Å². The maximum atomic E-state index is 9.65. The summed E-state index contributed by atoms with van der Waals surface area (Å²) >= 11 is 1.47. The summed E-state index contributed by atoms with van der Waals surface area (Å²) in [6.07, 6.45) is 0. The summed E-state index contributed by atoms with van der Waals surface area (Å²) in [7, 11) is 0. The third-order valence-corrected chi connectivity index (χ3v) is 3.33. The SMILES string of the molecule is CC(C)NCCn1nnnc1SCC(C)(C)O. The molecule has 6 nitrogen and oxygen atoms in total. The van der Waals surface area contributed by atoms with E-state index in [-0.39, 0.29) is 0 Å². The predicted octanol–water partition coefficient (Wildman–Crippen LogP) is 0.534. The van der Waals surface area contributed by atoms with E-state index < -0.39 is 5.60 Å². The molecule has 1 rings (SSSR count). The van der Waals surface area contributed by atoms with E-state index in [0.717, 1.165) is 18.2 Å². The summed E-state index contributed by atoms with van der Waals surface area (Å²) in [5.74, 6) is 0.574. The molecule has 1 heterocycles. The van der Waals surface area contributed by atoms with Crippen molar-refractivity contribution < 1.29 is 5.11 Å². The van der Waals surface area contributed by atoms with Crippen molar-refractivity contribution in [1.29, 1.82) is 0 Å². The van der Waals surface area contributed by atoms with Crippen LogP contribution in [0.4, 0.5) is 0 Å². The number of nitrogens with one attached hydrogen (secondary N) is 1. The molecular formula is C10H21N5OS. The number of hydrogen-bond acceptors (Lipinski definition) is 6. The Morgan fingerprint density at radius 2 is 2.18 bits per heavy atom. The molecule has 1 aromatic heterocycles. The van der Waals surface area contributed by atoms with Gasteiger partial charge in [-0.3, -0.25) is 0 Å². The van der Waals surface area contributed by atoms with E-state index in [4.69, 9.17) is 0 Å². The molecule has 0 aromatic carbocycles. The smallest absolute Gasteiger partial charge is 0.209 e. The third-order valence-electron chi connectivity index (χ3n) is 1.93. The van der Waals surface area contributed by atoms with Crippen LogP contribution in [0.25, 0.3) is 0 Å². The van der Waals surface area contributed by atoms with E-state index in [0.29, 0.717) is 11.8 Å². The first-order valence-corrected chi connectivity index (χ1v) is 6.72. The van der Waals surface area contributed by atoms with Gasteiger partial charge in [0.25, 0.3) is 0 Å². The van der Waals surface area contributed by atoms with E-state index in [2.05, 4.69) is 34.7 Å². The summed E-state index contributed by atoms with van der Waals surface area (Å²) < 4.78 is 1.76. The summed E-state index contributed by atoms with van der Waals surface area (Å²) in [5, 5.41) is 25.2. The fraction of sp³-hybridized carbons (Fsp3) is 0.900. The Morgan fingerprint density at radius 3 is 2.76 bits per heavy atom. The van der Waals surface area contributed by atoms with E-state index in [1.165, 1.54) is 11.8 Å². The zero-order valence-corrected chi connectivity index (χ0v) is 11.7. The fourth-order valence-electron chi connectivity index (χ4n) is 1.14. The molecule has 0 saturated heterocycles. The van der Waals surface area contributed by atoms with Gasteiger partial charge in [0, 0.05) is 18.3 Å². The molecule has 98 valence electrons. The van der Waals surface area contributed by atoms with Gasteiger partial charge in [0.2, 0.25) is 5.16 Å². The second kappa shape index (κ2) is 6.32. The lowest BCUT2D eigenvalue weighted by atomic mass is 10.2. The van der Waals surface area contributed by atoms with Crippen LogP contribution >= 0.6 is 11.8 Å². The molecule has 0 aliphatic heterocycles. The summed E-state index contributed by atoms with van der Waals surface area (Å²) in [6.45, 7) is 9.31. The molecule has 7 heteroatoms. The first-order chi connectivity index (χ1) is 7.88. The van der Waals surface area contributed by atoms with Crippen LogP contribution in [-0.2, 0) is 6.54 Å². The number of hydrogen-bond donors (Lipinski definition) is 2. The number of aliphatic hydroxyl groups is 1. The van der Waals surface area contributed by atoms with Crippen LogP contribution in [0.2, 0.25) is 0 Å². The summed E-state index contributed by atoms with van der Waals surface area (Å²) in [6, 6.07) is 0.457. The third kappa shape index (κ3) is 5.99. The number of aromatic nitrogens is 4. The van der Waals surface area contributed by atoms with Crippen molar-refractivity contribution in [2.45, 2.75) is 51.0 Å². The second-order valence-electron chi connectivity index (χ2n) is 4.89. The molecule has 0 spiro atoms. The molecule has 0 amide bonds. The predicted molar refractivity (Wildman–Crippen MR) is 68.0 cm³/mol. The Bertz CT molecular complexity index is 334. The lowest BCUT2D eigenvalue weighted by Gasteiger charge is -2.15. The van der Waals surface area contributed by atoms with E-state index in [1.54, 1.807) is 18.5 Å². The molecule has 0 fully saturated rings. The average Bonchev–Trinajstić information content (AvgIpc) is 2.61. The van der Waals surface area contributed by atoms with Gasteiger partial charge >= 0.3 is 0 Å². The first kappa shape index (κ1) is 14.4. The van der Waals surface area contributed by atoms with Crippen molar-refractivity contribution in [3.8, 4) is 0 Å². The molecule has 0 aliphatic carbocycles. The molecule has 0 saturated carbocycles. The van der Waals surface area contributed by atoms with Gasteiger partial charge in [-0.2, -0.15) is 0 Å². The molecular weight excluding hydrogens is 238 g/mol. The van der Waals surface area contributed by atoms with Gasteiger partial charge in [0.1, 0.15) is 0 Å². The van der Waals surface area contributed by atoms with Gasteiger partial charge < -0.3 is 10.4 Å². The van der Waals surface area contributed by atoms with Crippen LogP contribution in [0.15, 0.2) is 5.16 Å². The minimum absolute atomic E-state index is 0.457. The molecule has 0 radical (unpaired) electrons. The van der Waals surface area contributed by atoms with Gasteiger partial charge in [-0.05, 0) is 24.3 Å². The van der Waals surface area contributed by atoms with Crippen molar-refractivity contribution >= 4 is 11.8 Å². The zero-order chi connectivity index (χ0) is 12.9. The highest BCUT2D eigenvalue weighted by molar-refractivity contribution is 7.99. The van der Waals surface area contributed by atoms with Crippen LogP contribution in [0.1, 0.15) is 27.7 Å². The van der Waals surface area contributed by atoms with Crippen molar-refractivity contribution in [3.63, 3.8) is 0 Å². The van der Waals surface area contributed by atoms with Crippen LogP contribution in [0, 0.1) is 0 Å². The minimum atomic E-state index is -0.711. The van der Waals surface area contributed by atoms with Crippen molar-refractivity contribution in [1.82, 2.24) is 25.5 Å². The van der Waals surface area contributed by atoms with Crippen LogP contribution in [0.3, 0.4) is 0 Å². The molecule has 2 N–H and O–H groups in total. The fourth-order valence-corrected chi connectivity index (χ4v) is 1.99. The lowest BCUT2D eigenvalue weighted by molar-refractivity contribution is 0.107. The summed E-state index contributed by atoms with van der Waals surface area (Å²) in [4.78, 5) is 0. The van der Waals surface area contributed by atoms with Gasteiger partial charge in [0.15, 0.2) is 0 Å². The number of nitrogens with zero attached hydrogens (tertiary/aromatic N) is 4. The number of tetrazole rings is 1. The van der Waals surface area contributed by atoms with E-state index >= 15 is 0 Å². The maximum Gasteiger partial charge on any atom is 0.209 e. The molecule has 0 unspecified atom stereocenters. The molecule has 0 bridgehead atoms. The number of thioether (sulfide) groups is 1. The van der Waals surface area contributed by atoms with Crippen LogP contribution < -0.4 is 5.32 Å². The summed E-state index contributed by atoms with van der Waals surface area (Å²) in [5.41, 5.74) is -0.711. The van der Waals surface area contributed by atoms with Gasteiger partial charge in [-0.15, -0.1) is 5.10 Å². The topological polar surface area (TPSA) is 75.9 Å². The largest absolute Gasteiger partial charge is 0.390 e. The van der Waals surface area contributed by atoms with Crippen molar-refractivity contribution in [2.24, 2.45) is 0 Å². The Kier molecular flexibility index (Phi) is 5.35. The van der Waals surface area contributed by atoms with E-state index in [9.17, 15) is 5.11 Å². The lowest BCUT2D eigenvalue weighted by Crippen LogP contribution is -2.27. The number of rotatable bonds is 7. The monoisotopic (exact) mass is 259 g/mol. The zero-order valence-electron chi connectivity index (χ0n) is 10.8. The quantitative estimate of drug-likeness (QED) is 0.696. The standard InChI is InChI=1S/C10H21N5OS/c1-8(2)11-5-6-15-9(12-13-14-15)17-7-10(3,4)16/h8,11,16H,5-7H2,1-4H3. The first-order valence-electron chi connectivity index (χ1n) is 5.73. The van der Waals surface area contributed by atoms with Crippen molar-refractivity contribution in [3.05, 3.63) is 0 Å². The Morgan fingerprint density at radius 1 is 1.47 bits per heavy atom. The maximum absolute atomic E-state index is 9.65. The Hall–Kier alpha value is -0.660. The minimum Gasteiger partial charge on any atom is -0.390 e. The van der Waals surface area contributed by atoms with Crippen LogP contribution in [0.5, 0.6) is 0 Å². The Labute approximate surface area is 106 Å². The normalized spacial score (nSPS) is 12.4. The molecule has 0 atom stereocenters. The highest BCUT2D eigenvalue weighted by Gasteiger charge is 2.16. The highest BCUT2D eigenvalue weighted by atomic mass is 32.2. The molecule has 17 heavy (non-hydrogen) atoms. The van der Waals surface area contributed by atoms with Crippen molar-refractivity contribution in [2.75, 3.05) is 12.3 Å². The molecule has 1 aromatic rings. The van der Waals surface area contributed by atoms with E-state index in [1.807, 2.05) is 0 Å². The Balaban J connectivity index is 2.43.